The van der Waals surface area contributed by atoms with E-state index in [9.17, 15) is 8.42 Å². The van der Waals surface area contributed by atoms with Gasteiger partial charge in [0.2, 0.25) is 5.13 Å². The van der Waals surface area contributed by atoms with Crippen LogP contribution in [0.25, 0.3) is 0 Å². The molecule has 90 valence electrons. The average Bonchev–Trinajstić information content (AvgIpc) is 2.81. The Hall–Kier alpha value is -1.74. The highest BCUT2D eigenvalue weighted by molar-refractivity contribution is 7.93. The predicted octanol–water partition coefficient (Wildman–Crippen LogP) is 0.776. The van der Waals surface area contributed by atoms with Gasteiger partial charge in [0, 0.05) is 19.4 Å². The molecule has 0 aliphatic carbocycles. The molecular weight excluding hydrogens is 262 g/mol. The maximum atomic E-state index is 12.0. The van der Waals surface area contributed by atoms with Crippen molar-refractivity contribution in [1.29, 1.82) is 0 Å². The lowest BCUT2D eigenvalue weighted by atomic mass is 10.4. The minimum absolute atomic E-state index is 0.0673. The Morgan fingerprint density at radius 3 is 2.88 bits per heavy atom. The summed E-state index contributed by atoms with van der Waals surface area (Å²) < 4.78 is 26.4. The number of hydrogen-bond acceptors (Lipinski definition) is 7. The lowest BCUT2D eigenvalue weighted by molar-refractivity contribution is 0.601. The van der Waals surface area contributed by atoms with E-state index in [-0.39, 0.29) is 10.0 Å². The van der Waals surface area contributed by atoms with Crippen LogP contribution in [0, 0.1) is 0 Å². The van der Waals surface area contributed by atoms with Crippen molar-refractivity contribution in [3.8, 4) is 0 Å². The van der Waals surface area contributed by atoms with Crippen LogP contribution in [0.2, 0.25) is 0 Å². The molecule has 0 saturated carbocycles. The molecule has 9 heteroatoms. The van der Waals surface area contributed by atoms with Gasteiger partial charge in [-0.25, -0.2) is 8.42 Å². The summed E-state index contributed by atoms with van der Waals surface area (Å²) in [5, 5.41) is 10.2. The predicted molar refractivity (Wildman–Crippen MR) is 64.5 cm³/mol. The van der Waals surface area contributed by atoms with Crippen molar-refractivity contribution < 1.29 is 8.42 Å². The van der Waals surface area contributed by atoms with E-state index in [4.69, 9.17) is 0 Å². The summed E-state index contributed by atoms with van der Waals surface area (Å²) in [6.07, 6.45) is 2.78. The average molecular weight is 271 g/mol. The van der Waals surface area contributed by atoms with Gasteiger partial charge in [0.25, 0.3) is 10.0 Å². The van der Waals surface area contributed by atoms with Crippen molar-refractivity contribution in [1.82, 2.24) is 15.2 Å². The fourth-order valence-corrected chi connectivity index (χ4v) is 3.04. The molecule has 2 aromatic heterocycles. The number of pyridine rings is 1. The van der Waals surface area contributed by atoms with E-state index >= 15 is 0 Å². The second kappa shape index (κ2) is 4.63. The Balaban J connectivity index is 2.38. The number of nitrogens with zero attached hydrogens (tertiary/aromatic N) is 3. The van der Waals surface area contributed by atoms with E-state index in [1.54, 1.807) is 13.1 Å². The van der Waals surface area contributed by atoms with Crippen molar-refractivity contribution >= 4 is 32.2 Å². The van der Waals surface area contributed by atoms with Gasteiger partial charge in [0.15, 0.2) is 0 Å². The van der Waals surface area contributed by atoms with Crippen LogP contribution in [0.15, 0.2) is 28.9 Å². The number of aromatic nitrogens is 3. The minimum atomic E-state index is -3.69. The zero-order valence-electron chi connectivity index (χ0n) is 8.78. The highest BCUT2D eigenvalue weighted by Crippen LogP contribution is 2.22. The molecule has 7 nitrogen and oxygen atoms in total. The standard InChI is InChI=1S/C8H9N5O2S2/c1-9-6-2-3-10-4-7(6)17(14,15)13-8-12-11-5-16-8/h2-5H,1H3,(H,9,10)(H,12,13). The topological polar surface area (TPSA) is 96.9 Å². The Morgan fingerprint density at radius 1 is 1.41 bits per heavy atom. The van der Waals surface area contributed by atoms with Crippen molar-refractivity contribution in [3.05, 3.63) is 24.0 Å². The maximum Gasteiger partial charge on any atom is 0.267 e. The molecule has 0 spiro atoms. The lowest BCUT2D eigenvalue weighted by Gasteiger charge is -2.08. The number of anilines is 2. The molecule has 2 N–H and O–H groups in total. The Morgan fingerprint density at radius 2 is 2.24 bits per heavy atom. The highest BCUT2D eigenvalue weighted by Gasteiger charge is 2.19. The zero-order valence-corrected chi connectivity index (χ0v) is 10.4. The van der Waals surface area contributed by atoms with E-state index < -0.39 is 10.0 Å². The molecule has 0 aliphatic heterocycles. The molecule has 0 fully saturated rings. The van der Waals surface area contributed by atoms with Gasteiger partial charge in [-0.2, -0.15) is 0 Å². The molecule has 2 heterocycles. The van der Waals surface area contributed by atoms with Crippen molar-refractivity contribution in [2.75, 3.05) is 17.1 Å². The molecule has 0 radical (unpaired) electrons. The fraction of sp³-hybridized carbons (Fsp3) is 0.125. The quantitative estimate of drug-likeness (QED) is 0.852. The zero-order chi connectivity index (χ0) is 12.3. The summed E-state index contributed by atoms with van der Waals surface area (Å²) in [4.78, 5) is 3.86. The first-order valence-corrected chi connectivity index (χ1v) is 6.90. The minimum Gasteiger partial charge on any atom is -0.387 e. The Labute approximate surface area is 102 Å². The maximum absolute atomic E-state index is 12.0. The molecule has 0 amide bonds. The normalized spacial score (nSPS) is 11.1. The molecule has 0 saturated heterocycles. The van der Waals surface area contributed by atoms with Crippen LogP contribution in [-0.4, -0.2) is 30.6 Å². The largest absolute Gasteiger partial charge is 0.387 e. The Bertz CT molecular complexity index is 596. The SMILES string of the molecule is CNc1ccncc1S(=O)(=O)Nc1nncs1. The summed E-state index contributed by atoms with van der Waals surface area (Å²) >= 11 is 1.10. The smallest absolute Gasteiger partial charge is 0.267 e. The van der Waals surface area contributed by atoms with Gasteiger partial charge in [-0.3, -0.25) is 9.71 Å². The van der Waals surface area contributed by atoms with E-state index in [2.05, 4.69) is 25.2 Å². The van der Waals surface area contributed by atoms with Crippen LogP contribution in [0.3, 0.4) is 0 Å². The second-order valence-corrected chi connectivity index (χ2v) is 5.46. The third-order valence-corrected chi connectivity index (χ3v) is 4.03. The first-order chi connectivity index (χ1) is 8.13. The summed E-state index contributed by atoms with van der Waals surface area (Å²) in [6.45, 7) is 0. The molecule has 0 atom stereocenters. The van der Waals surface area contributed by atoms with E-state index in [1.807, 2.05) is 0 Å². The van der Waals surface area contributed by atoms with Gasteiger partial charge in [0.05, 0.1) is 5.69 Å². The monoisotopic (exact) mass is 271 g/mol. The molecule has 2 rings (SSSR count). The van der Waals surface area contributed by atoms with Crippen LogP contribution in [0.4, 0.5) is 10.8 Å². The number of hydrogen-bond donors (Lipinski definition) is 2. The fourth-order valence-electron chi connectivity index (χ4n) is 1.19. The second-order valence-electron chi connectivity index (χ2n) is 2.97. The molecule has 2 aromatic rings. The third-order valence-electron chi connectivity index (χ3n) is 1.93. The van der Waals surface area contributed by atoms with Gasteiger partial charge in [-0.15, -0.1) is 10.2 Å². The van der Waals surface area contributed by atoms with Crippen molar-refractivity contribution in [2.45, 2.75) is 4.90 Å². The number of rotatable bonds is 4. The van der Waals surface area contributed by atoms with Gasteiger partial charge < -0.3 is 5.32 Å². The first-order valence-electron chi connectivity index (χ1n) is 4.54. The summed E-state index contributed by atoms with van der Waals surface area (Å²) in [6, 6.07) is 1.58. The molecule has 0 aliphatic rings. The summed E-state index contributed by atoms with van der Waals surface area (Å²) in [5.41, 5.74) is 1.91. The molecule has 0 bridgehead atoms. The van der Waals surface area contributed by atoms with E-state index in [0.29, 0.717) is 5.69 Å². The molecular formula is C8H9N5O2S2. The van der Waals surface area contributed by atoms with Crippen LogP contribution in [0.5, 0.6) is 0 Å². The van der Waals surface area contributed by atoms with E-state index in [0.717, 1.165) is 11.3 Å². The van der Waals surface area contributed by atoms with Crippen LogP contribution in [-0.2, 0) is 10.0 Å². The van der Waals surface area contributed by atoms with Gasteiger partial charge >= 0.3 is 0 Å². The van der Waals surface area contributed by atoms with Crippen LogP contribution < -0.4 is 10.0 Å². The molecule has 0 aromatic carbocycles. The summed E-state index contributed by atoms with van der Waals surface area (Å²) in [5.74, 6) is 0. The molecule has 0 unspecified atom stereocenters. The molecule has 17 heavy (non-hydrogen) atoms. The first kappa shape index (κ1) is 11.7. The van der Waals surface area contributed by atoms with Gasteiger partial charge in [-0.1, -0.05) is 11.3 Å². The van der Waals surface area contributed by atoms with Crippen LogP contribution in [0.1, 0.15) is 0 Å². The van der Waals surface area contributed by atoms with Gasteiger partial charge in [0.1, 0.15) is 10.4 Å². The van der Waals surface area contributed by atoms with Crippen LogP contribution >= 0.6 is 11.3 Å². The number of sulfonamides is 1. The van der Waals surface area contributed by atoms with E-state index in [1.165, 1.54) is 17.9 Å². The summed E-state index contributed by atoms with van der Waals surface area (Å²) in [7, 11) is -2.05. The lowest BCUT2D eigenvalue weighted by Crippen LogP contribution is -2.15. The van der Waals surface area contributed by atoms with Gasteiger partial charge in [-0.05, 0) is 6.07 Å². The highest BCUT2D eigenvalue weighted by atomic mass is 32.2. The van der Waals surface area contributed by atoms with Crippen molar-refractivity contribution in [3.63, 3.8) is 0 Å². The van der Waals surface area contributed by atoms with Crippen molar-refractivity contribution in [2.24, 2.45) is 0 Å². The third kappa shape index (κ3) is 2.50. The Kier molecular flexibility index (Phi) is 3.20. The number of nitrogens with one attached hydrogen (secondary N) is 2.